The van der Waals surface area contributed by atoms with Crippen molar-refractivity contribution in [2.24, 2.45) is 0 Å². The Labute approximate surface area is 200 Å². The van der Waals surface area contributed by atoms with E-state index in [0.717, 1.165) is 12.0 Å². The van der Waals surface area contributed by atoms with E-state index in [4.69, 9.17) is 23.2 Å². The fourth-order valence-electron chi connectivity index (χ4n) is 4.17. The van der Waals surface area contributed by atoms with Crippen LogP contribution in [0.3, 0.4) is 0 Å². The number of amides is 2. The number of anilines is 1. The molecule has 0 spiro atoms. The van der Waals surface area contributed by atoms with Crippen molar-refractivity contribution in [1.82, 2.24) is 4.90 Å². The molecule has 0 aromatic heterocycles. The van der Waals surface area contributed by atoms with E-state index in [0.29, 0.717) is 33.4 Å². The highest BCUT2D eigenvalue weighted by Gasteiger charge is 2.58. The van der Waals surface area contributed by atoms with Crippen LogP contribution in [-0.4, -0.2) is 22.1 Å². The Morgan fingerprint density at radius 3 is 2.50 bits per heavy atom. The zero-order valence-corrected chi connectivity index (χ0v) is 20.1. The van der Waals surface area contributed by atoms with Crippen molar-refractivity contribution < 1.29 is 9.90 Å². The molecular weight excluding hydrogens is 443 g/mol. The Kier molecular flexibility index (Phi) is 7.50. The van der Waals surface area contributed by atoms with Gasteiger partial charge in [-0.3, -0.25) is 9.80 Å². The lowest BCUT2D eigenvalue weighted by Gasteiger charge is -2.37. The quantitative estimate of drug-likeness (QED) is 0.437. The van der Waals surface area contributed by atoms with E-state index < -0.39 is 11.8 Å². The van der Waals surface area contributed by atoms with Crippen molar-refractivity contribution in [3.05, 3.63) is 100 Å². The Morgan fingerprint density at radius 1 is 1.22 bits per heavy atom. The SMILES string of the molecule is C=C/C(Cl)=C\C=C(/C)N1C(=O)N(c2ccc(Cl)cc2)[C@H](CCC)C1(O)c1cccc(C)c1. The number of hydrogen-bond acceptors (Lipinski definition) is 2. The van der Waals surface area contributed by atoms with Crippen LogP contribution in [0.5, 0.6) is 0 Å². The number of carbonyl (C=O) groups is 1. The number of allylic oxidation sites excluding steroid dienone is 5. The number of aliphatic hydroxyl groups is 1. The summed E-state index contributed by atoms with van der Waals surface area (Å²) in [7, 11) is 0. The third-order valence-corrected chi connectivity index (χ3v) is 6.19. The van der Waals surface area contributed by atoms with Crippen LogP contribution in [0.25, 0.3) is 0 Å². The van der Waals surface area contributed by atoms with E-state index in [9.17, 15) is 9.90 Å². The first kappa shape index (κ1) is 24.1. The number of rotatable bonds is 7. The van der Waals surface area contributed by atoms with Gasteiger partial charge in [0.15, 0.2) is 5.72 Å². The molecule has 32 heavy (non-hydrogen) atoms. The molecule has 1 aliphatic heterocycles. The monoisotopic (exact) mass is 470 g/mol. The maximum atomic E-state index is 13.8. The van der Waals surface area contributed by atoms with E-state index in [1.54, 1.807) is 48.2 Å². The molecule has 0 aliphatic carbocycles. The summed E-state index contributed by atoms with van der Waals surface area (Å²) in [5, 5.41) is 13.3. The van der Waals surface area contributed by atoms with E-state index in [1.807, 2.05) is 38.1 Å². The van der Waals surface area contributed by atoms with E-state index in [1.165, 1.54) is 11.0 Å². The number of urea groups is 1. The van der Waals surface area contributed by atoms with Crippen molar-refractivity contribution in [2.45, 2.75) is 45.4 Å². The molecule has 6 heteroatoms. The van der Waals surface area contributed by atoms with Crippen LogP contribution >= 0.6 is 23.2 Å². The average molecular weight is 471 g/mol. The molecule has 168 valence electrons. The van der Waals surface area contributed by atoms with Crippen LogP contribution in [0.2, 0.25) is 5.02 Å². The summed E-state index contributed by atoms with van der Waals surface area (Å²) in [5.74, 6) is 0. The second kappa shape index (κ2) is 9.95. The molecule has 1 N–H and O–H groups in total. The standard InChI is InChI=1S/C26H28Cl2N2O2/c1-5-8-24-26(32,20-10-7-9-18(3)17-20)30(19(4)11-12-21(27)6-2)25(31)29(24)23-15-13-22(28)14-16-23/h6-7,9-17,24,32H,2,5,8H2,1,3-4H3/b19-11+,21-12+/t24-,26?/m1/s1. The van der Waals surface area contributed by atoms with Crippen LogP contribution in [0.15, 0.2) is 84.1 Å². The predicted octanol–water partition coefficient (Wildman–Crippen LogP) is 7.12. The van der Waals surface area contributed by atoms with Gasteiger partial charge in [0.1, 0.15) is 0 Å². The van der Waals surface area contributed by atoms with Gasteiger partial charge in [-0.15, -0.1) is 0 Å². The molecule has 0 bridgehead atoms. The molecule has 0 radical (unpaired) electrons. The molecule has 1 heterocycles. The highest BCUT2D eigenvalue weighted by Crippen LogP contribution is 2.46. The Balaban J connectivity index is 2.24. The molecule has 2 aromatic rings. The molecule has 1 saturated heterocycles. The van der Waals surface area contributed by atoms with Crippen molar-refractivity contribution in [3.63, 3.8) is 0 Å². The van der Waals surface area contributed by atoms with Gasteiger partial charge in [0.05, 0.1) is 6.04 Å². The summed E-state index contributed by atoms with van der Waals surface area (Å²) < 4.78 is 0. The predicted molar refractivity (Wildman–Crippen MR) is 133 cm³/mol. The van der Waals surface area contributed by atoms with Crippen LogP contribution in [-0.2, 0) is 5.72 Å². The minimum atomic E-state index is -1.58. The van der Waals surface area contributed by atoms with Crippen LogP contribution in [0, 0.1) is 6.92 Å². The third kappa shape index (κ3) is 4.49. The van der Waals surface area contributed by atoms with Gasteiger partial charge < -0.3 is 5.11 Å². The first-order chi connectivity index (χ1) is 15.2. The number of hydrogen-bond donors (Lipinski definition) is 1. The zero-order valence-electron chi connectivity index (χ0n) is 18.6. The first-order valence-electron chi connectivity index (χ1n) is 10.6. The lowest BCUT2D eigenvalue weighted by Crippen LogP contribution is -2.48. The zero-order chi connectivity index (χ0) is 23.5. The number of carbonyl (C=O) groups excluding carboxylic acids is 1. The second-order valence-corrected chi connectivity index (χ2v) is 8.80. The second-order valence-electron chi connectivity index (χ2n) is 7.93. The summed E-state index contributed by atoms with van der Waals surface area (Å²) in [6.45, 7) is 9.45. The average Bonchev–Trinajstić information content (AvgIpc) is 3.00. The normalized spacial score (nSPS) is 21.9. The molecule has 1 unspecified atom stereocenters. The minimum absolute atomic E-state index is 0.313. The smallest absolute Gasteiger partial charge is 0.331 e. The largest absolute Gasteiger partial charge is 0.365 e. The molecule has 1 fully saturated rings. The Morgan fingerprint density at radius 2 is 1.91 bits per heavy atom. The van der Waals surface area contributed by atoms with Crippen molar-refractivity contribution in [2.75, 3.05) is 4.90 Å². The van der Waals surface area contributed by atoms with Gasteiger partial charge in [0, 0.05) is 27.0 Å². The molecule has 2 aromatic carbocycles. The molecule has 2 amide bonds. The Bertz CT molecular complexity index is 1060. The van der Waals surface area contributed by atoms with Gasteiger partial charge >= 0.3 is 6.03 Å². The summed E-state index contributed by atoms with van der Waals surface area (Å²) in [5.41, 5.74) is 1.33. The first-order valence-corrected chi connectivity index (χ1v) is 11.3. The van der Waals surface area contributed by atoms with Gasteiger partial charge in [0.2, 0.25) is 0 Å². The molecule has 1 aliphatic rings. The van der Waals surface area contributed by atoms with Crippen molar-refractivity contribution >= 4 is 34.9 Å². The highest BCUT2D eigenvalue weighted by molar-refractivity contribution is 6.31. The minimum Gasteiger partial charge on any atom is -0.365 e. The van der Waals surface area contributed by atoms with E-state index >= 15 is 0 Å². The molecular formula is C26H28Cl2N2O2. The fraction of sp³-hybridized carbons (Fsp3) is 0.269. The number of benzene rings is 2. The molecule has 3 rings (SSSR count). The summed E-state index contributed by atoms with van der Waals surface area (Å²) in [4.78, 5) is 17.0. The summed E-state index contributed by atoms with van der Waals surface area (Å²) in [6.07, 6.45) is 6.29. The van der Waals surface area contributed by atoms with Gasteiger partial charge in [-0.25, -0.2) is 4.79 Å². The van der Waals surface area contributed by atoms with Crippen LogP contribution in [0.4, 0.5) is 10.5 Å². The summed E-state index contributed by atoms with van der Waals surface area (Å²) >= 11 is 12.2. The maximum Gasteiger partial charge on any atom is 0.331 e. The molecule has 2 atom stereocenters. The number of halogens is 2. The van der Waals surface area contributed by atoms with Crippen LogP contribution < -0.4 is 4.90 Å². The fourth-order valence-corrected chi connectivity index (χ4v) is 4.36. The highest BCUT2D eigenvalue weighted by atomic mass is 35.5. The number of nitrogens with zero attached hydrogens (tertiary/aromatic N) is 2. The maximum absolute atomic E-state index is 13.8. The topological polar surface area (TPSA) is 43.8 Å². The molecule has 0 saturated carbocycles. The van der Waals surface area contributed by atoms with Crippen molar-refractivity contribution in [1.29, 1.82) is 0 Å². The van der Waals surface area contributed by atoms with Crippen LogP contribution in [0.1, 0.15) is 37.8 Å². The number of aryl methyl sites for hydroxylation is 1. The third-order valence-electron chi connectivity index (χ3n) is 5.66. The van der Waals surface area contributed by atoms with Gasteiger partial charge in [-0.1, -0.05) is 79.0 Å². The lowest BCUT2D eigenvalue weighted by atomic mass is 9.90. The van der Waals surface area contributed by atoms with Crippen molar-refractivity contribution in [3.8, 4) is 0 Å². The van der Waals surface area contributed by atoms with Gasteiger partial charge in [0.25, 0.3) is 0 Å². The summed E-state index contributed by atoms with van der Waals surface area (Å²) in [6, 6.07) is 13.9. The molecule has 4 nitrogen and oxygen atoms in total. The Hall–Kier alpha value is -2.53. The van der Waals surface area contributed by atoms with E-state index in [2.05, 4.69) is 6.58 Å². The van der Waals surface area contributed by atoms with Gasteiger partial charge in [-0.05, 0) is 56.7 Å². The van der Waals surface area contributed by atoms with E-state index in [-0.39, 0.29) is 6.03 Å². The van der Waals surface area contributed by atoms with Gasteiger partial charge in [-0.2, -0.15) is 0 Å². The lowest BCUT2D eigenvalue weighted by molar-refractivity contribution is -0.0691.